The fraction of sp³-hybridized carbons (Fsp3) is 0.333. The second-order valence-electron chi connectivity index (χ2n) is 10.2. The van der Waals surface area contributed by atoms with Gasteiger partial charge in [-0.1, -0.05) is 30.3 Å². The number of para-hydroxylation sites is 1. The molecule has 0 aliphatic carbocycles. The Balaban J connectivity index is 1.27. The molecule has 40 heavy (non-hydrogen) atoms. The zero-order chi connectivity index (χ0) is 28.1. The quantitative estimate of drug-likeness (QED) is 0.350. The highest BCUT2D eigenvalue weighted by atomic mass is 16.2. The number of carbonyl (C=O) groups is 2. The second kappa shape index (κ2) is 12.3. The number of aromatic nitrogens is 4. The molecule has 1 aliphatic heterocycles. The van der Waals surface area contributed by atoms with Crippen molar-refractivity contribution in [2.75, 3.05) is 45.6 Å². The lowest BCUT2D eigenvalue weighted by atomic mass is 10.1. The Morgan fingerprint density at radius 3 is 2.45 bits per heavy atom. The first-order chi connectivity index (χ1) is 19.4. The second-order valence-corrected chi connectivity index (χ2v) is 10.2. The van der Waals surface area contributed by atoms with E-state index in [0.29, 0.717) is 30.8 Å². The highest BCUT2D eigenvalue weighted by molar-refractivity contribution is 6.04. The average Bonchev–Trinajstić information content (AvgIpc) is 3.59. The van der Waals surface area contributed by atoms with Crippen molar-refractivity contribution in [2.45, 2.75) is 19.3 Å². The third kappa shape index (κ3) is 6.47. The van der Waals surface area contributed by atoms with E-state index in [1.165, 1.54) is 0 Å². The van der Waals surface area contributed by atoms with Gasteiger partial charge >= 0.3 is 0 Å². The molecule has 10 nitrogen and oxygen atoms in total. The van der Waals surface area contributed by atoms with Gasteiger partial charge in [-0.3, -0.25) is 29.2 Å². The van der Waals surface area contributed by atoms with Gasteiger partial charge in [-0.25, -0.2) is 9.99 Å². The van der Waals surface area contributed by atoms with Crippen LogP contribution in [0, 0.1) is 0 Å². The number of piperazine rings is 1. The number of hydrogen-bond donors (Lipinski definition) is 1. The van der Waals surface area contributed by atoms with Gasteiger partial charge in [0.2, 0.25) is 11.9 Å². The number of benzene rings is 2. The molecule has 10 heteroatoms. The molecule has 0 bridgehead atoms. The summed E-state index contributed by atoms with van der Waals surface area (Å²) in [6.45, 7) is 3.62. The number of carbonyl (C=O) groups excluding carboxylic acids is 2. The minimum atomic E-state index is -0.246. The Morgan fingerprint density at radius 1 is 0.950 bits per heavy atom. The van der Waals surface area contributed by atoms with Crippen LogP contribution in [-0.4, -0.2) is 86.3 Å². The maximum atomic E-state index is 13.3. The molecule has 1 N–H and O–H groups in total. The number of anilines is 1. The van der Waals surface area contributed by atoms with Crippen molar-refractivity contribution >= 4 is 17.8 Å². The van der Waals surface area contributed by atoms with Gasteiger partial charge in [0, 0.05) is 75.9 Å². The minimum absolute atomic E-state index is 0.106. The Labute approximate surface area is 234 Å². The minimum Gasteiger partial charge on any atom is -0.304 e. The van der Waals surface area contributed by atoms with Gasteiger partial charge in [0.25, 0.3) is 5.91 Å². The number of nitrogens with zero attached hydrogens (tertiary/aromatic N) is 7. The topological polar surface area (TPSA) is 91.5 Å². The van der Waals surface area contributed by atoms with Gasteiger partial charge in [-0.05, 0) is 49.7 Å². The average molecular weight is 541 g/mol. The van der Waals surface area contributed by atoms with E-state index in [4.69, 9.17) is 4.98 Å². The van der Waals surface area contributed by atoms with Crippen molar-refractivity contribution in [1.29, 1.82) is 0 Å². The van der Waals surface area contributed by atoms with Crippen LogP contribution in [0.1, 0.15) is 28.9 Å². The van der Waals surface area contributed by atoms with E-state index in [1.54, 1.807) is 22.0 Å². The Hall–Kier alpha value is -4.28. The van der Waals surface area contributed by atoms with Crippen LogP contribution in [0.2, 0.25) is 0 Å². The largest absolute Gasteiger partial charge is 0.304 e. The summed E-state index contributed by atoms with van der Waals surface area (Å²) in [7, 11) is 5.82. The number of amides is 2. The zero-order valence-electron chi connectivity index (χ0n) is 23.3. The van der Waals surface area contributed by atoms with Crippen molar-refractivity contribution in [1.82, 2.24) is 34.2 Å². The fourth-order valence-electron chi connectivity index (χ4n) is 4.84. The van der Waals surface area contributed by atoms with Gasteiger partial charge in [0.1, 0.15) is 0 Å². The molecule has 3 heterocycles. The zero-order valence-corrected chi connectivity index (χ0v) is 23.3. The summed E-state index contributed by atoms with van der Waals surface area (Å²) in [6.07, 6.45) is 7.36. The van der Waals surface area contributed by atoms with Gasteiger partial charge in [-0.2, -0.15) is 5.10 Å². The molecule has 2 aromatic heterocycles. The van der Waals surface area contributed by atoms with Crippen LogP contribution in [0.25, 0.3) is 16.8 Å². The molecule has 0 atom stereocenters. The molecule has 0 unspecified atom stereocenters. The number of imidazole rings is 1. The molecular weight excluding hydrogens is 504 g/mol. The lowest BCUT2D eigenvalue weighted by Crippen LogP contribution is -2.53. The first-order valence-electron chi connectivity index (χ1n) is 13.6. The number of rotatable bonds is 9. The smallest absolute Gasteiger partial charge is 0.258 e. The van der Waals surface area contributed by atoms with Crippen LogP contribution in [0.4, 0.5) is 5.95 Å². The molecule has 4 aromatic rings. The summed E-state index contributed by atoms with van der Waals surface area (Å²) in [4.78, 5) is 33.1. The van der Waals surface area contributed by atoms with Crippen molar-refractivity contribution in [2.24, 2.45) is 7.05 Å². The Bertz CT molecular complexity index is 1450. The van der Waals surface area contributed by atoms with E-state index in [9.17, 15) is 9.59 Å². The van der Waals surface area contributed by atoms with Crippen LogP contribution >= 0.6 is 0 Å². The first kappa shape index (κ1) is 27.3. The number of nitrogens with one attached hydrogen (secondary N) is 1. The molecule has 0 spiro atoms. The number of likely N-dealkylation sites (N-methyl/N-ethyl adjacent to an activating group) is 1. The highest BCUT2D eigenvalue weighted by Crippen LogP contribution is 2.22. The maximum Gasteiger partial charge on any atom is 0.258 e. The van der Waals surface area contributed by atoms with Crippen molar-refractivity contribution in [3.63, 3.8) is 0 Å². The van der Waals surface area contributed by atoms with E-state index in [0.717, 1.165) is 48.7 Å². The molecule has 1 saturated heterocycles. The van der Waals surface area contributed by atoms with Crippen LogP contribution in [0.5, 0.6) is 0 Å². The maximum absolute atomic E-state index is 13.3. The third-order valence-electron chi connectivity index (χ3n) is 7.27. The monoisotopic (exact) mass is 540 g/mol. The van der Waals surface area contributed by atoms with Gasteiger partial charge in [0.15, 0.2) is 0 Å². The lowest BCUT2D eigenvalue weighted by Gasteiger charge is -2.38. The molecule has 2 aromatic carbocycles. The van der Waals surface area contributed by atoms with Crippen molar-refractivity contribution in [3.05, 3.63) is 84.4 Å². The van der Waals surface area contributed by atoms with Gasteiger partial charge in [0.05, 0.1) is 11.9 Å². The van der Waals surface area contributed by atoms with Gasteiger partial charge < -0.3 is 4.90 Å². The van der Waals surface area contributed by atoms with Crippen LogP contribution in [0.3, 0.4) is 0 Å². The molecule has 208 valence electrons. The molecule has 0 saturated carbocycles. The van der Waals surface area contributed by atoms with Crippen LogP contribution in [0.15, 0.2) is 73.2 Å². The highest BCUT2D eigenvalue weighted by Gasteiger charge is 2.21. The first-order valence-corrected chi connectivity index (χ1v) is 13.6. The standard InChI is InChI=1S/C30H36N8O2/c1-34-15-17-37(18-16-34)36(3)28(39)14-8-11-26-22-38(27-12-5-4-6-13-27)30(32-26)33-29(40)24-10-7-9-23(19-24)25-20-31-35(2)21-25/h4-7,9-10,12-13,19-22H,8,11,14-18H2,1-3H3,(H,32,33,40). The Kier molecular flexibility index (Phi) is 8.37. The third-order valence-corrected chi connectivity index (χ3v) is 7.27. The number of hydrogen-bond acceptors (Lipinski definition) is 6. The summed E-state index contributed by atoms with van der Waals surface area (Å²) < 4.78 is 3.62. The van der Waals surface area contributed by atoms with Crippen LogP contribution in [-0.2, 0) is 18.3 Å². The summed E-state index contributed by atoms with van der Waals surface area (Å²) in [6, 6.07) is 17.3. The van der Waals surface area contributed by atoms with E-state index >= 15 is 0 Å². The number of aryl methyl sites for hydroxylation is 2. The normalized spacial score (nSPS) is 14.3. The van der Waals surface area contributed by atoms with Crippen molar-refractivity contribution in [3.8, 4) is 16.8 Å². The number of hydrazine groups is 1. The molecule has 1 aliphatic rings. The SMILES string of the molecule is CN1CCN(N(C)C(=O)CCCc2cn(-c3ccccc3)c(NC(=O)c3cccc(-c4cnn(C)c4)c3)n2)CC1. The van der Waals surface area contributed by atoms with Crippen LogP contribution < -0.4 is 5.32 Å². The van der Waals surface area contributed by atoms with E-state index in [2.05, 4.69) is 27.4 Å². The molecule has 2 amide bonds. The summed E-state index contributed by atoms with van der Waals surface area (Å²) in [5, 5.41) is 11.1. The molecular formula is C30H36N8O2. The van der Waals surface area contributed by atoms with Gasteiger partial charge in [-0.15, -0.1) is 0 Å². The molecule has 0 radical (unpaired) electrons. The predicted molar refractivity (Wildman–Crippen MR) is 155 cm³/mol. The van der Waals surface area contributed by atoms with E-state index < -0.39 is 0 Å². The summed E-state index contributed by atoms with van der Waals surface area (Å²) >= 11 is 0. The lowest BCUT2D eigenvalue weighted by molar-refractivity contribution is -0.148. The summed E-state index contributed by atoms with van der Waals surface area (Å²) in [5.74, 6) is 0.303. The van der Waals surface area contributed by atoms with E-state index in [1.807, 2.05) is 79.6 Å². The van der Waals surface area contributed by atoms with E-state index in [-0.39, 0.29) is 11.8 Å². The predicted octanol–water partition coefficient (Wildman–Crippen LogP) is 3.47. The molecule has 1 fully saturated rings. The molecule has 5 rings (SSSR count). The van der Waals surface area contributed by atoms with Crippen molar-refractivity contribution < 1.29 is 9.59 Å². The fourth-order valence-corrected chi connectivity index (χ4v) is 4.84. The summed E-state index contributed by atoms with van der Waals surface area (Å²) in [5.41, 5.74) is 4.10. The Morgan fingerprint density at radius 2 is 1.73 bits per heavy atom.